The minimum atomic E-state index is 0.443. The second kappa shape index (κ2) is 5.34. The molecule has 0 aromatic carbocycles. The van der Waals surface area contributed by atoms with Crippen molar-refractivity contribution in [3.05, 3.63) is 11.8 Å². The standard InChI is InChI=1S/C12H21N3O/c1-3-5-10-8-12(15(2)14-10)13-11-6-4-7-16-9-11/h8,11,13H,3-7,9H2,1-2H3. The third-order valence-corrected chi connectivity index (χ3v) is 2.95. The Morgan fingerprint density at radius 1 is 1.62 bits per heavy atom. The molecule has 1 aromatic heterocycles. The van der Waals surface area contributed by atoms with E-state index in [1.54, 1.807) is 0 Å². The summed E-state index contributed by atoms with van der Waals surface area (Å²) in [6, 6.07) is 2.59. The van der Waals surface area contributed by atoms with Crippen molar-refractivity contribution in [2.45, 2.75) is 38.6 Å². The molecule has 0 radical (unpaired) electrons. The number of nitrogens with zero attached hydrogens (tertiary/aromatic N) is 2. The Morgan fingerprint density at radius 2 is 2.50 bits per heavy atom. The summed E-state index contributed by atoms with van der Waals surface area (Å²) >= 11 is 0. The lowest BCUT2D eigenvalue weighted by Gasteiger charge is -2.23. The van der Waals surface area contributed by atoms with Gasteiger partial charge in [0, 0.05) is 19.7 Å². The van der Waals surface area contributed by atoms with Crippen LogP contribution in [0.1, 0.15) is 31.9 Å². The molecule has 1 aliphatic heterocycles. The summed E-state index contributed by atoms with van der Waals surface area (Å²) in [5.74, 6) is 1.11. The quantitative estimate of drug-likeness (QED) is 0.848. The van der Waals surface area contributed by atoms with Gasteiger partial charge < -0.3 is 10.1 Å². The number of ether oxygens (including phenoxy) is 1. The third-order valence-electron chi connectivity index (χ3n) is 2.95. The lowest BCUT2D eigenvalue weighted by Crippen LogP contribution is -2.30. The van der Waals surface area contributed by atoms with Gasteiger partial charge in [-0.25, -0.2) is 0 Å². The summed E-state index contributed by atoms with van der Waals surface area (Å²) in [5, 5.41) is 7.98. The maximum Gasteiger partial charge on any atom is 0.124 e. The van der Waals surface area contributed by atoms with E-state index in [2.05, 4.69) is 23.4 Å². The summed E-state index contributed by atoms with van der Waals surface area (Å²) in [7, 11) is 1.99. The number of hydrogen-bond donors (Lipinski definition) is 1. The molecule has 0 bridgehead atoms. The second-order valence-corrected chi connectivity index (χ2v) is 4.45. The normalized spacial score (nSPS) is 21.0. The zero-order valence-corrected chi connectivity index (χ0v) is 10.2. The van der Waals surface area contributed by atoms with Gasteiger partial charge in [-0.05, 0) is 19.3 Å². The van der Waals surface area contributed by atoms with Crippen LogP contribution in [0.15, 0.2) is 6.07 Å². The number of aryl methyl sites for hydroxylation is 2. The molecule has 1 saturated heterocycles. The van der Waals surface area contributed by atoms with Gasteiger partial charge in [0.2, 0.25) is 0 Å². The van der Waals surface area contributed by atoms with E-state index in [0.29, 0.717) is 6.04 Å². The van der Waals surface area contributed by atoms with Crippen LogP contribution in [0.3, 0.4) is 0 Å². The number of nitrogens with one attached hydrogen (secondary N) is 1. The van der Waals surface area contributed by atoms with Gasteiger partial charge in [0.1, 0.15) is 5.82 Å². The van der Waals surface area contributed by atoms with Crippen molar-refractivity contribution in [2.24, 2.45) is 7.05 Å². The minimum Gasteiger partial charge on any atom is -0.379 e. The van der Waals surface area contributed by atoms with Gasteiger partial charge >= 0.3 is 0 Å². The van der Waals surface area contributed by atoms with E-state index < -0.39 is 0 Å². The number of rotatable bonds is 4. The van der Waals surface area contributed by atoms with Gasteiger partial charge in [-0.3, -0.25) is 4.68 Å². The van der Waals surface area contributed by atoms with Crippen LogP contribution in [0.25, 0.3) is 0 Å². The van der Waals surface area contributed by atoms with Crippen molar-refractivity contribution < 1.29 is 4.74 Å². The first-order chi connectivity index (χ1) is 7.79. The maximum atomic E-state index is 5.46. The number of anilines is 1. The first kappa shape index (κ1) is 11.5. The Hall–Kier alpha value is -1.03. The van der Waals surface area contributed by atoms with Crippen molar-refractivity contribution in [3.8, 4) is 0 Å². The largest absolute Gasteiger partial charge is 0.379 e. The van der Waals surface area contributed by atoms with Gasteiger partial charge in [-0.1, -0.05) is 13.3 Å². The number of hydrogen-bond acceptors (Lipinski definition) is 3. The first-order valence-electron chi connectivity index (χ1n) is 6.16. The predicted molar refractivity (Wildman–Crippen MR) is 64.7 cm³/mol. The average Bonchev–Trinajstić information content (AvgIpc) is 2.61. The Labute approximate surface area is 97.0 Å². The SMILES string of the molecule is CCCc1cc(NC2CCCOC2)n(C)n1. The third kappa shape index (κ3) is 2.76. The van der Waals surface area contributed by atoms with Crippen molar-refractivity contribution in [3.63, 3.8) is 0 Å². The zero-order valence-electron chi connectivity index (χ0n) is 10.2. The van der Waals surface area contributed by atoms with Crippen molar-refractivity contribution in [1.82, 2.24) is 9.78 Å². The van der Waals surface area contributed by atoms with E-state index in [1.165, 1.54) is 12.1 Å². The highest BCUT2D eigenvalue weighted by Crippen LogP contribution is 2.15. The zero-order chi connectivity index (χ0) is 11.4. The summed E-state index contributed by atoms with van der Waals surface area (Å²) in [6.07, 6.45) is 4.53. The van der Waals surface area contributed by atoms with Gasteiger partial charge in [-0.15, -0.1) is 0 Å². The summed E-state index contributed by atoms with van der Waals surface area (Å²) in [4.78, 5) is 0. The van der Waals surface area contributed by atoms with Crippen LogP contribution >= 0.6 is 0 Å². The van der Waals surface area contributed by atoms with Crippen LogP contribution in [0.4, 0.5) is 5.82 Å². The average molecular weight is 223 g/mol. The van der Waals surface area contributed by atoms with Gasteiger partial charge in [0.25, 0.3) is 0 Å². The topological polar surface area (TPSA) is 39.1 Å². The highest BCUT2D eigenvalue weighted by Gasteiger charge is 2.15. The fourth-order valence-electron chi connectivity index (χ4n) is 2.10. The van der Waals surface area contributed by atoms with Gasteiger partial charge in [0.15, 0.2) is 0 Å². The summed E-state index contributed by atoms with van der Waals surface area (Å²) in [6.45, 7) is 3.90. The van der Waals surface area contributed by atoms with Crippen LogP contribution in [-0.4, -0.2) is 29.0 Å². The number of aromatic nitrogens is 2. The van der Waals surface area contributed by atoms with E-state index in [-0.39, 0.29) is 0 Å². The maximum absolute atomic E-state index is 5.46. The molecular formula is C12H21N3O. The molecular weight excluding hydrogens is 202 g/mol. The molecule has 0 aliphatic carbocycles. The molecule has 1 N–H and O–H groups in total. The molecule has 90 valence electrons. The molecule has 4 heteroatoms. The molecule has 2 rings (SSSR count). The molecule has 0 saturated carbocycles. The molecule has 1 atom stereocenters. The summed E-state index contributed by atoms with van der Waals surface area (Å²) in [5.41, 5.74) is 1.17. The fraction of sp³-hybridized carbons (Fsp3) is 0.750. The molecule has 16 heavy (non-hydrogen) atoms. The lowest BCUT2D eigenvalue weighted by atomic mass is 10.1. The Balaban J connectivity index is 1.96. The highest BCUT2D eigenvalue weighted by molar-refractivity contribution is 5.38. The van der Waals surface area contributed by atoms with E-state index in [1.807, 2.05) is 11.7 Å². The minimum absolute atomic E-state index is 0.443. The Bertz CT molecular complexity index is 329. The van der Waals surface area contributed by atoms with Crippen molar-refractivity contribution in [2.75, 3.05) is 18.5 Å². The molecule has 0 spiro atoms. The molecule has 1 fully saturated rings. The van der Waals surface area contributed by atoms with Crippen LogP contribution in [0, 0.1) is 0 Å². The Morgan fingerprint density at radius 3 is 3.19 bits per heavy atom. The Kier molecular flexibility index (Phi) is 3.83. The van der Waals surface area contributed by atoms with Gasteiger partial charge in [-0.2, -0.15) is 5.10 Å². The molecule has 4 nitrogen and oxygen atoms in total. The van der Waals surface area contributed by atoms with E-state index in [0.717, 1.165) is 38.3 Å². The van der Waals surface area contributed by atoms with Crippen LogP contribution < -0.4 is 5.32 Å². The van der Waals surface area contributed by atoms with E-state index in [9.17, 15) is 0 Å². The van der Waals surface area contributed by atoms with Crippen molar-refractivity contribution >= 4 is 5.82 Å². The molecule has 0 amide bonds. The summed E-state index contributed by atoms with van der Waals surface area (Å²) < 4.78 is 7.39. The predicted octanol–water partition coefficient (Wildman–Crippen LogP) is 1.96. The lowest BCUT2D eigenvalue weighted by molar-refractivity contribution is 0.0874. The van der Waals surface area contributed by atoms with Gasteiger partial charge in [0.05, 0.1) is 18.3 Å². The monoisotopic (exact) mass is 223 g/mol. The van der Waals surface area contributed by atoms with E-state index in [4.69, 9.17) is 4.74 Å². The first-order valence-corrected chi connectivity index (χ1v) is 6.16. The fourth-order valence-corrected chi connectivity index (χ4v) is 2.10. The molecule has 1 aliphatic rings. The van der Waals surface area contributed by atoms with Crippen LogP contribution in [-0.2, 0) is 18.2 Å². The van der Waals surface area contributed by atoms with E-state index >= 15 is 0 Å². The molecule has 1 aromatic rings. The smallest absolute Gasteiger partial charge is 0.124 e. The molecule has 2 heterocycles. The van der Waals surface area contributed by atoms with Crippen LogP contribution in [0.2, 0.25) is 0 Å². The van der Waals surface area contributed by atoms with Crippen molar-refractivity contribution in [1.29, 1.82) is 0 Å². The molecule has 1 unspecified atom stereocenters. The highest BCUT2D eigenvalue weighted by atomic mass is 16.5. The second-order valence-electron chi connectivity index (χ2n) is 4.45. The van der Waals surface area contributed by atoms with Crippen LogP contribution in [0.5, 0.6) is 0 Å².